The van der Waals surface area contributed by atoms with Gasteiger partial charge in [0.15, 0.2) is 0 Å². The lowest BCUT2D eigenvalue weighted by atomic mass is 10.1. The van der Waals surface area contributed by atoms with Gasteiger partial charge in [0.1, 0.15) is 5.82 Å². The number of para-hydroxylation sites is 1. The van der Waals surface area contributed by atoms with Crippen molar-refractivity contribution in [2.45, 2.75) is 0 Å². The van der Waals surface area contributed by atoms with Gasteiger partial charge in [0.05, 0.1) is 10.6 Å². The Labute approximate surface area is 170 Å². The largest absolute Gasteiger partial charge is 0.360 e. The van der Waals surface area contributed by atoms with Crippen LogP contribution in [0, 0.1) is 5.82 Å². The molecule has 3 aromatic rings. The van der Waals surface area contributed by atoms with E-state index in [1.165, 1.54) is 17.0 Å². The summed E-state index contributed by atoms with van der Waals surface area (Å²) < 4.78 is 13.3. The van der Waals surface area contributed by atoms with Gasteiger partial charge in [-0.2, -0.15) is 0 Å². The molecule has 0 radical (unpaired) electrons. The summed E-state index contributed by atoms with van der Waals surface area (Å²) in [5, 5.41) is 0.585. The third-order valence-electron chi connectivity index (χ3n) is 5.05. The molecule has 6 nitrogen and oxygen atoms in total. The van der Waals surface area contributed by atoms with Crippen molar-refractivity contribution in [3.63, 3.8) is 0 Å². The Morgan fingerprint density at radius 1 is 0.966 bits per heavy atom. The zero-order chi connectivity index (χ0) is 20.5. The number of halogens is 2. The third kappa shape index (κ3) is 3.61. The number of aromatic nitrogens is 1. The summed E-state index contributed by atoms with van der Waals surface area (Å²) in [6, 6.07) is 11.1. The van der Waals surface area contributed by atoms with Crippen LogP contribution >= 0.6 is 11.6 Å². The molecule has 1 aliphatic heterocycles. The van der Waals surface area contributed by atoms with Crippen LogP contribution in [-0.4, -0.2) is 58.6 Å². The second-order valence-electron chi connectivity index (χ2n) is 6.79. The fourth-order valence-corrected chi connectivity index (χ4v) is 3.62. The molecule has 1 N–H and O–H groups in total. The Balaban J connectivity index is 1.42. The van der Waals surface area contributed by atoms with E-state index in [4.69, 9.17) is 11.6 Å². The first kappa shape index (κ1) is 19.1. The molecule has 0 aliphatic carbocycles. The highest BCUT2D eigenvalue weighted by atomic mass is 35.5. The zero-order valence-electron chi connectivity index (χ0n) is 15.3. The fraction of sp³-hybridized carbons (Fsp3) is 0.190. The minimum Gasteiger partial charge on any atom is -0.360 e. The highest BCUT2D eigenvalue weighted by Gasteiger charge is 2.30. The molecule has 2 heterocycles. The number of aromatic amines is 1. The van der Waals surface area contributed by atoms with Gasteiger partial charge in [-0.15, -0.1) is 0 Å². The minimum atomic E-state index is -0.591. The van der Waals surface area contributed by atoms with Crippen LogP contribution in [0.3, 0.4) is 0 Å². The Morgan fingerprint density at radius 2 is 1.66 bits per heavy atom. The van der Waals surface area contributed by atoms with Crippen molar-refractivity contribution in [3.8, 4) is 0 Å². The number of nitrogens with zero attached hydrogens (tertiary/aromatic N) is 2. The molecule has 0 saturated carbocycles. The van der Waals surface area contributed by atoms with Gasteiger partial charge in [0.2, 0.25) is 0 Å². The van der Waals surface area contributed by atoms with E-state index in [1.54, 1.807) is 17.2 Å². The van der Waals surface area contributed by atoms with Crippen molar-refractivity contribution in [3.05, 3.63) is 70.6 Å². The Morgan fingerprint density at radius 3 is 2.38 bits per heavy atom. The summed E-state index contributed by atoms with van der Waals surface area (Å²) in [7, 11) is 0. The van der Waals surface area contributed by atoms with E-state index in [2.05, 4.69) is 4.98 Å². The average Bonchev–Trinajstić information content (AvgIpc) is 3.18. The van der Waals surface area contributed by atoms with Gasteiger partial charge in [-0.25, -0.2) is 4.39 Å². The Bertz CT molecular complexity index is 1120. The van der Waals surface area contributed by atoms with Crippen molar-refractivity contribution in [2.24, 2.45) is 0 Å². The number of benzene rings is 2. The first-order valence-electron chi connectivity index (χ1n) is 9.10. The summed E-state index contributed by atoms with van der Waals surface area (Å²) in [5.74, 6) is -2.05. The molecule has 1 fully saturated rings. The smallest absolute Gasteiger partial charge is 0.295 e. The van der Waals surface area contributed by atoms with Crippen LogP contribution in [0.4, 0.5) is 4.39 Å². The molecule has 0 bridgehead atoms. The van der Waals surface area contributed by atoms with E-state index < -0.39 is 17.5 Å². The van der Waals surface area contributed by atoms with Gasteiger partial charge in [0, 0.05) is 48.8 Å². The number of ketones is 1. The van der Waals surface area contributed by atoms with Crippen molar-refractivity contribution in [1.82, 2.24) is 14.8 Å². The SMILES string of the molecule is O=C(C(=O)N1CCN(C(=O)c2ccc(F)c(Cl)c2)CC1)c1c[nH]c2ccccc12. The quantitative estimate of drug-likeness (QED) is 0.529. The molecule has 2 aromatic carbocycles. The number of hydrogen-bond donors (Lipinski definition) is 1. The minimum absolute atomic E-state index is 0.117. The Kier molecular flexibility index (Phi) is 5.07. The molecule has 4 rings (SSSR count). The van der Waals surface area contributed by atoms with Gasteiger partial charge >= 0.3 is 0 Å². The lowest BCUT2D eigenvalue weighted by Gasteiger charge is -2.34. The van der Waals surface area contributed by atoms with Crippen LogP contribution in [0.15, 0.2) is 48.7 Å². The van der Waals surface area contributed by atoms with Gasteiger partial charge in [0.25, 0.3) is 17.6 Å². The second-order valence-corrected chi connectivity index (χ2v) is 7.20. The molecule has 1 saturated heterocycles. The summed E-state index contributed by atoms with van der Waals surface area (Å²) >= 11 is 5.75. The lowest BCUT2D eigenvalue weighted by Crippen LogP contribution is -2.52. The maximum Gasteiger partial charge on any atom is 0.295 e. The first-order chi connectivity index (χ1) is 14.0. The molecule has 1 aromatic heterocycles. The molecule has 8 heteroatoms. The monoisotopic (exact) mass is 413 g/mol. The number of carbonyl (C=O) groups excluding carboxylic acids is 3. The second kappa shape index (κ2) is 7.67. The number of rotatable bonds is 3. The summed E-state index contributed by atoms with van der Waals surface area (Å²) in [5.41, 5.74) is 1.41. The number of fused-ring (bicyclic) bond motifs is 1. The maximum absolute atomic E-state index is 13.3. The van der Waals surface area contributed by atoms with Gasteiger partial charge in [-0.3, -0.25) is 14.4 Å². The van der Waals surface area contributed by atoms with Crippen molar-refractivity contribution in [1.29, 1.82) is 0 Å². The van der Waals surface area contributed by atoms with Crippen LogP contribution < -0.4 is 0 Å². The molecule has 2 amide bonds. The molecular formula is C21H17ClFN3O3. The number of carbonyl (C=O) groups is 3. The predicted molar refractivity (Wildman–Crippen MR) is 107 cm³/mol. The molecule has 29 heavy (non-hydrogen) atoms. The van der Waals surface area contributed by atoms with E-state index in [0.717, 1.165) is 11.6 Å². The van der Waals surface area contributed by atoms with Crippen LogP contribution in [0.1, 0.15) is 20.7 Å². The van der Waals surface area contributed by atoms with Crippen LogP contribution in [0.2, 0.25) is 5.02 Å². The molecule has 0 unspecified atom stereocenters. The molecule has 0 spiro atoms. The number of H-pyrrole nitrogens is 1. The van der Waals surface area contributed by atoms with Crippen molar-refractivity contribution < 1.29 is 18.8 Å². The highest BCUT2D eigenvalue weighted by Crippen LogP contribution is 2.20. The van der Waals surface area contributed by atoms with Crippen molar-refractivity contribution in [2.75, 3.05) is 26.2 Å². The molecular weight excluding hydrogens is 397 g/mol. The summed E-state index contributed by atoms with van der Waals surface area (Å²) in [6.45, 7) is 1.04. The van der Waals surface area contributed by atoms with Crippen LogP contribution in [0.25, 0.3) is 10.9 Å². The number of hydrogen-bond acceptors (Lipinski definition) is 3. The normalized spacial score (nSPS) is 14.3. The number of amides is 2. The standard InChI is InChI=1S/C21H17ClFN3O3/c22-16-11-13(5-6-17(16)23)20(28)25-7-9-26(10-8-25)21(29)19(27)15-12-24-18-4-2-1-3-14(15)18/h1-6,11-12,24H,7-10H2. The van der Waals surface area contributed by atoms with E-state index in [-0.39, 0.29) is 42.7 Å². The summed E-state index contributed by atoms with van der Waals surface area (Å²) in [6.07, 6.45) is 1.54. The number of nitrogens with one attached hydrogen (secondary N) is 1. The van der Waals surface area contributed by atoms with E-state index in [1.807, 2.05) is 18.2 Å². The zero-order valence-corrected chi connectivity index (χ0v) is 16.1. The summed E-state index contributed by atoms with van der Waals surface area (Å²) in [4.78, 5) is 43.9. The topological polar surface area (TPSA) is 73.5 Å². The third-order valence-corrected chi connectivity index (χ3v) is 5.34. The van der Waals surface area contributed by atoms with E-state index in [0.29, 0.717) is 10.9 Å². The lowest BCUT2D eigenvalue weighted by molar-refractivity contribution is -0.127. The fourth-order valence-electron chi connectivity index (χ4n) is 3.44. The van der Waals surface area contributed by atoms with E-state index in [9.17, 15) is 18.8 Å². The van der Waals surface area contributed by atoms with E-state index >= 15 is 0 Å². The number of Topliss-reactive ketones (excluding diaryl/α,β-unsaturated/α-hetero) is 1. The highest BCUT2D eigenvalue weighted by molar-refractivity contribution is 6.44. The van der Waals surface area contributed by atoms with Crippen molar-refractivity contribution >= 4 is 40.1 Å². The van der Waals surface area contributed by atoms with Gasteiger partial charge in [-0.1, -0.05) is 29.8 Å². The molecule has 148 valence electrons. The molecule has 1 aliphatic rings. The van der Waals surface area contributed by atoms with Crippen LogP contribution in [-0.2, 0) is 4.79 Å². The predicted octanol–water partition coefficient (Wildman–Crippen LogP) is 3.13. The van der Waals surface area contributed by atoms with Gasteiger partial charge in [-0.05, 0) is 24.3 Å². The average molecular weight is 414 g/mol. The van der Waals surface area contributed by atoms with Crippen LogP contribution in [0.5, 0.6) is 0 Å². The number of piperazine rings is 1. The molecule has 0 atom stereocenters. The maximum atomic E-state index is 13.3. The van der Waals surface area contributed by atoms with Gasteiger partial charge < -0.3 is 14.8 Å². The first-order valence-corrected chi connectivity index (χ1v) is 9.47. The Hall–Kier alpha value is -3.19.